The normalized spacial score (nSPS) is 31.5. The topological polar surface area (TPSA) is 82.3 Å². The number of rotatable bonds is 4. The second-order valence-corrected chi connectivity index (χ2v) is 9.04. The van der Waals surface area contributed by atoms with E-state index in [4.69, 9.17) is 0 Å². The fourth-order valence-corrected chi connectivity index (χ4v) is 5.44. The fourth-order valence-electron chi connectivity index (χ4n) is 3.86. The minimum atomic E-state index is -3.09. The van der Waals surface area contributed by atoms with Crippen LogP contribution in [-0.2, 0) is 10.0 Å². The van der Waals surface area contributed by atoms with Crippen LogP contribution < -0.4 is 4.72 Å². The van der Waals surface area contributed by atoms with E-state index in [1.54, 1.807) is 18.5 Å². The Labute approximate surface area is 130 Å². The van der Waals surface area contributed by atoms with Crippen LogP contribution in [0, 0.1) is 5.41 Å². The maximum absolute atomic E-state index is 12.3. The lowest BCUT2D eigenvalue weighted by molar-refractivity contribution is 0.0688. The van der Waals surface area contributed by atoms with Crippen LogP contribution >= 0.6 is 0 Å². The Hall–Kier alpha value is -1.34. The van der Waals surface area contributed by atoms with Crippen molar-refractivity contribution in [2.24, 2.45) is 5.41 Å². The molecule has 22 heavy (non-hydrogen) atoms. The molecule has 1 aliphatic heterocycles. The van der Waals surface area contributed by atoms with Crippen LogP contribution in [0.5, 0.6) is 0 Å². The van der Waals surface area contributed by atoms with Crippen molar-refractivity contribution in [1.29, 1.82) is 0 Å². The lowest BCUT2D eigenvalue weighted by atomic mass is 9.65. The zero-order valence-corrected chi connectivity index (χ0v) is 13.2. The van der Waals surface area contributed by atoms with Crippen LogP contribution in [0.1, 0.15) is 42.5 Å². The molecule has 0 unspecified atom stereocenters. The van der Waals surface area contributed by atoms with E-state index < -0.39 is 10.0 Å². The van der Waals surface area contributed by atoms with Crippen LogP contribution in [0.15, 0.2) is 18.5 Å². The summed E-state index contributed by atoms with van der Waals surface area (Å²) in [6.45, 7) is 1.52. The predicted octanol–water partition coefficient (Wildman–Crippen LogP) is 1.09. The summed E-state index contributed by atoms with van der Waals surface area (Å²) in [6.07, 6.45) is 7.76. The summed E-state index contributed by atoms with van der Waals surface area (Å²) in [5.74, 6) is 0.0696. The molecule has 0 radical (unpaired) electrons. The number of H-pyrrole nitrogens is 1. The summed E-state index contributed by atoms with van der Waals surface area (Å²) >= 11 is 0. The van der Waals surface area contributed by atoms with Crippen molar-refractivity contribution in [3.63, 3.8) is 0 Å². The molecule has 0 bridgehead atoms. The van der Waals surface area contributed by atoms with Gasteiger partial charge in [-0.3, -0.25) is 4.79 Å². The molecule has 3 fully saturated rings. The molecule has 3 aliphatic rings. The molecule has 0 aromatic carbocycles. The molecule has 2 saturated carbocycles. The van der Waals surface area contributed by atoms with Gasteiger partial charge in [0.2, 0.25) is 10.0 Å². The number of aromatic nitrogens is 1. The Morgan fingerprint density at radius 2 is 2.14 bits per heavy atom. The lowest BCUT2D eigenvalue weighted by Crippen LogP contribution is -2.52. The number of nitrogens with one attached hydrogen (secondary N) is 2. The lowest BCUT2D eigenvalue weighted by Gasteiger charge is -2.45. The van der Waals surface area contributed by atoms with E-state index in [-0.39, 0.29) is 22.6 Å². The highest BCUT2D eigenvalue weighted by Crippen LogP contribution is 2.49. The minimum absolute atomic E-state index is 0.0629. The molecule has 4 rings (SSSR count). The van der Waals surface area contributed by atoms with Gasteiger partial charge in [0.15, 0.2) is 0 Å². The third-order valence-electron chi connectivity index (χ3n) is 5.22. The van der Waals surface area contributed by atoms with Crippen LogP contribution in [0.2, 0.25) is 0 Å². The van der Waals surface area contributed by atoms with Gasteiger partial charge in [-0.25, -0.2) is 13.1 Å². The molecule has 0 atom stereocenters. The van der Waals surface area contributed by atoms with Gasteiger partial charge in [0.25, 0.3) is 5.91 Å². The van der Waals surface area contributed by atoms with Crippen LogP contribution in [-0.4, -0.2) is 48.6 Å². The Balaban J connectivity index is 1.33. The van der Waals surface area contributed by atoms with E-state index in [1.807, 2.05) is 4.90 Å². The SMILES string of the molecule is O=C(c1cc[nH]c1)N1CCC2(CC(NS(=O)(=O)C3CC3)C2)C1. The molecule has 1 spiro atoms. The van der Waals surface area contributed by atoms with Gasteiger partial charge in [0.05, 0.1) is 10.8 Å². The van der Waals surface area contributed by atoms with E-state index in [0.29, 0.717) is 5.56 Å². The van der Waals surface area contributed by atoms with Gasteiger partial charge < -0.3 is 9.88 Å². The third kappa shape index (κ3) is 2.46. The number of nitrogens with zero attached hydrogens (tertiary/aromatic N) is 1. The Kier molecular flexibility index (Phi) is 3.13. The van der Waals surface area contributed by atoms with Crippen molar-refractivity contribution in [2.45, 2.75) is 43.4 Å². The average molecular weight is 323 g/mol. The molecule has 2 aliphatic carbocycles. The van der Waals surface area contributed by atoms with Crippen LogP contribution in [0.3, 0.4) is 0 Å². The number of likely N-dealkylation sites (tertiary alicyclic amines) is 1. The molecule has 1 amide bonds. The zero-order valence-electron chi connectivity index (χ0n) is 12.4. The maximum atomic E-state index is 12.3. The van der Waals surface area contributed by atoms with Crippen LogP contribution in [0.25, 0.3) is 0 Å². The van der Waals surface area contributed by atoms with Crippen molar-refractivity contribution in [3.8, 4) is 0 Å². The molecule has 2 heterocycles. The highest BCUT2D eigenvalue weighted by molar-refractivity contribution is 7.90. The Morgan fingerprint density at radius 3 is 2.77 bits per heavy atom. The smallest absolute Gasteiger partial charge is 0.255 e. The van der Waals surface area contributed by atoms with E-state index in [2.05, 4.69) is 9.71 Å². The molecule has 1 saturated heterocycles. The van der Waals surface area contributed by atoms with Crippen molar-refractivity contribution in [2.75, 3.05) is 13.1 Å². The van der Waals surface area contributed by atoms with E-state index >= 15 is 0 Å². The summed E-state index contributed by atoms with van der Waals surface area (Å²) < 4.78 is 26.7. The fraction of sp³-hybridized carbons (Fsp3) is 0.667. The molecule has 2 N–H and O–H groups in total. The summed E-state index contributed by atoms with van der Waals surface area (Å²) in [7, 11) is -3.09. The van der Waals surface area contributed by atoms with Crippen LogP contribution in [0.4, 0.5) is 0 Å². The van der Waals surface area contributed by atoms with Gasteiger partial charge in [0, 0.05) is 31.5 Å². The number of sulfonamides is 1. The Bertz CT molecular complexity index is 673. The number of hydrogen-bond acceptors (Lipinski definition) is 3. The largest absolute Gasteiger partial charge is 0.367 e. The molecule has 7 heteroatoms. The second kappa shape index (κ2) is 4.83. The van der Waals surface area contributed by atoms with Gasteiger partial charge in [-0.1, -0.05) is 0 Å². The number of carbonyl (C=O) groups is 1. The molecule has 1 aromatic rings. The first-order valence-electron chi connectivity index (χ1n) is 7.91. The molecule has 1 aromatic heterocycles. The first-order valence-corrected chi connectivity index (χ1v) is 9.45. The van der Waals surface area contributed by atoms with Gasteiger partial charge >= 0.3 is 0 Å². The highest BCUT2D eigenvalue weighted by Gasteiger charge is 2.51. The summed E-state index contributed by atoms with van der Waals surface area (Å²) in [6, 6.07) is 1.86. The van der Waals surface area contributed by atoms with Crippen molar-refractivity contribution in [1.82, 2.24) is 14.6 Å². The van der Waals surface area contributed by atoms with Crippen molar-refractivity contribution >= 4 is 15.9 Å². The molecular weight excluding hydrogens is 302 g/mol. The van der Waals surface area contributed by atoms with Crippen molar-refractivity contribution < 1.29 is 13.2 Å². The summed E-state index contributed by atoms with van der Waals surface area (Å²) in [4.78, 5) is 17.1. The predicted molar refractivity (Wildman–Crippen MR) is 81.8 cm³/mol. The number of carbonyl (C=O) groups excluding carboxylic acids is 1. The zero-order chi connectivity index (χ0) is 15.4. The van der Waals surface area contributed by atoms with E-state index in [1.165, 1.54) is 0 Å². The van der Waals surface area contributed by atoms with E-state index in [9.17, 15) is 13.2 Å². The van der Waals surface area contributed by atoms with Gasteiger partial charge in [0.1, 0.15) is 0 Å². The Morgan fingerprint density at radius 1 is 1.36 bits per heavy atom. The monoisotopic (exact) mass is 323 g/mol. The molecule has 120 valence electrons. The first-order chi connectivity index (χ1) is 10.5. The van der Waals surface area contributed by atoms with Crippen molar-refractivity contribution in [3.05, 3.63) is 24.0 Å². The average Bonchev–Trinajstić information content (AvgIpc) is 3.00. The summed E-state index contributed by atoms with van der Waals surface area (Å²) in [5, 5.41) is -0.153. The summed E-state index contributed by atoms with van der Waals surface area (Å²) in [5.41, 5.74) is 0.824. The standard InChI is InChI=1S/C15H21N3O3S/c19-14(11-3-5-16-9-11)18-6-4-15(10-18)7-12(8-15)17-22(20,21)13-1-2-13/h3,5,9,12-13,16-17H,1-2,4,6-8,10H2. The highest BCUT2D eigenvalue weighted by atomic mass is 32.2. The number of amides is 1. The second-order valence-electron chi connectivity index (χ2n) is 7.04. The number of hydrogen-bond donors (Lipinski definition) is 2. The van der Waals surface area contributed by atoms with Gasteiger partial charge in [-0.2, -0.15) is 0 Å². The quantitative estimate of drug-likeness (QED) is 0.870. The minimum Gasteiger partial charge on any atom is -0.367 e. The van der Waals surface area contributed by atoms with Gasteiger partial charge in [-0.15, -0.1) is 0 Å². The van der Waals surface area contributed by atoms with E-state index in [0.717, 1.165) is 45.2 Å². The third-order valence-corrected chi connectivity index (χ3v) is 7.23. The first kappa shape index (κ1) is 14.3. The number of aromatic amines is 1. The maximum Gasteiger partial charge on any atom is 0.255 e. The van der Waals surface area contributed by atoms with Gasteiger partial charge in [-0.05, 0) is 43.6 Å². The molecular formula is C15H21N3O3S. The molecule has 6 nitrogen and oxygen atoms in total.